The van der Waals surface area contributed by atoms with E-state index in [1.807, 2.05) is 6.92 Å². The van der Waals surface area contributed by atoms with E-state index in [0.29, 0.717) is 31.6 Å². The van der Waals surface area contributed by atoms with Crippen LogP contribution in [0.15, 0.2) is 23.2 Å². The van der Waals surface area contributed by atoms with Gasteiger partial charge in [-0.05, 0) is 44.7 Å². The summed E-state index contributed by atoms with van der Waals surface area (Å²) in [6, 6.07) is 6.20. The van der Waals surface area contributed by atoms with E-state index in [1.54, 1.807) is 0 Å². The zero-order chi connectivity index (χ0) is 22.6. The molecule has 0 amide bonds. The quantitative estimate of drug-likeness (QED) is 0.164. The van der Waals surface area contributed by atoms with Gasteiger partial charge in [0.2, 0.25) is 0 Å². The fourth-order valence-electron chi connectivity index (χ4n) is 2.89. The Labute approximate surface area is 205 Å². The molecule has 7 nitrogen and oxygen atoms in total. The van der Waals surface area contributed by atoms with E-state index in [4.69, 9.17) is 9.47 Å². The summed E-state index contributed by atoms with van der Waals surface area (Å²) in [7, 11) is -2.99. The molecule has 0 radical (unpaired) electrons. The van der Waals surface area contributed by atoms with Crippen molar-refractivity contribution in [1.29, 1.82) is 0 Å². The maximum absolute atomic E-state index is 11.1. The van der Waals surface area contributed by atoms with Crippen LogP contribution in [-0.4, -0.2) is 58.8 Å². The third-order valence-electron chi connectivity index (χ3n) is 4.24. The standard InChI is InChI=1S/C22H39N3O4S.HI/c1-7-23-22(24-10-11-28-12-13-30(6,26)27)25-16-20-9-8-18(4)15-21(20)29-19(5)14-17(2)3;/h8-9,15,17,19H,7,10-14,16H2,1-6H3,(H2,23,24,25);1H. The van der Waals surface area contributed by atoms with Gasteiger partial charge in [-0.3, -0.25) is 0 Å². The number of ether oxygens (including phenoxy) is 2. The van der Waals surface area contributed by atoms with Crippen LogP contribution in [0.1, 0.15) is 45.2 Å². The number of benzene rings is 1. The number of aryl methyl sites for hydroxylation is 1. The highest BCUT2D eigenvalue weighted by Gasteiger charge is 2.11. The molecule has 0 aliphatic carbocycles. The van der Waals surface area contributed by atoms with E-state index < -0.39 is 9.84 Å². The average Bonchev–Trinajstić information content (AvgIpc) is 2.62. The molecule has 1 unspecified atom stereocenters. The van der Waals surface area contributed by atoms with Gasteiger partial charge in [0, 0.05) is 24.9 Å². The van der Waals surface area contributed by atoms with E-state index in [0.717, 1.165) is 29.8 Å². The van der Waals surface area contributed by atoms with Gasteiger partial charge in [0.05, 0.1) is 31.6 Å². The van der Waals surface area contributed by atoms with Crippen LogP contribution in [0.2, 0.25) is 0 Å². The van der Waals surface area contributed by atoms with E-state index >= 15 is 0 Å². The smallest absolute Gasteiger partial charge is 0.191 e. The van der Waals surface area contributed by atoms with Crippen LogP contribution in [0.3, 0.4) is 0 Å². The molecule has 0 heterocycles. The molecule has 180 valence electrons. The van der Waals surface area contributed by atoms with Crippen molar-refractivity contribution in [2.24, 2.45) is 10.9 Å². The molecule has 1 rings (SSSR count). The summed E-state index contributed by atoms with van der Waals surface area (Å²) in [4.78, 5) is 4.66. The summed E-state index contributed by atoms with van der Waals surface area (Å²) < 4.78 is 33.8. The second-order valence-electron chi connectivity index (χ2n) is 8.03. The van der Waals surface area contributed by atoms with Crippen LogP contribution in [0.25, 0.3) is 0 Å². The number of nitrogens with zero attached hydrogens (tertiary/aromatic N) is 1. The fraction of sp³-hybridized carbons (Fsp3) is 0.682. The molecule has 2 N–H and O–H groups in total. The first kappa shape index (κ1) is 29.9. The lowest BCUT2D eigenvalue weighted by atomic mass is 10.1. The van der Waals surface area contributed by atoms with Crippen LogP contribution in [-0.2, 0) is 21.1 Å². The van der Waals surface area contributed by atoms with Gasteiger partial charge in [0.25, 0.3) is 0 Å². The molecule has 1 aromatic rings. The minimum absolute atomic E-state index is 0. The zero-order valence-electron chi connectivity index (χ0n) is 19.7. The average molecular weight is 570 g/mol. The second-order valence-corrected chi connectivity index (χ2v) is 10.3. The lowest BCUT2D eigenvalue weighted by Crippen LogP contribution is -2.39. The van der Waals surface area contributed by atoms with Crippen molar-refractivity contribution in [2.45, 2.75) is 53.7 Å². The van der Waals surface area contributed by atoms with Crippen LogP contribution >= 0.6 is 24.0 Å². The summed E-state index contributed by atoms with van der Waals surface area (Å²) in [5.41, 5.74) is 2.20. The fourth-order valence-corrected chi connectivity index (χ4v) is 3.31. The van der Waals surface area contributed by atoms with Gasteiger partial charge in [0.15, 0.2) is 5.96 Å². The molecule has 1 aromatic carbocycles. The molecule has 0 saturated carbocycles. The highest BCUT2D eigenvalue weighted by molar-refractivity contribution is 14.0. The molecule has 9 heteroatoms. The lowest BCUT2D eigenvalue weighted by Gasteiger charge is -2.19. The van der Waals surface area contributed by atoms with Crippen molar-refractivity contribution in [1.82, 2.24) is 10.6 Å². The Morgan fingerprint density at radius 1 is 1.16 bits per heavy atom. The Morgan fingerprint density at radius 3 is 2.48 bits per heavy atom. The first-order valence-corrected chi connectivity index (χ1v) is 12.7. The predicted octanol–water partition coefficient (Wildman–Crippen LogP) is 3.54. The monoisotopic (exact) mass is 569 g/mol. The zero-order valence-corrected chi connectivity index (χ0v) is 22.9. The van der Waals surface area contributed by atoms with Gasteiger partial charge in [-0.2, -0.15) is 0 Å². The highest BCUT2D eigenvalue weighted by atomic mass is 127. The van der Waals surface area contributed by atoms with Crippen molar-refractivity contribution in [3.05, 3.63) is 29.3 Å². The van der Waals surface area contributed by atoms with E-state index in [9.17, 15) is 8.42 Å². The van der Waals surface area contributed by atoms with Crippen LogP contribution in [0, 0.1) is 12.8 Å². The number of aliphatic imine (C=N–C) groups is 1. The van der Waals surface area contributed by atoms with E-state index in [1.165, 1.54) is 6.26 Å². The predicted molar refractivity (Wildman–Crippen MR) is 139 cm³/mol. The van der Waals surface area contributed by atoms with Crippen LogP contribution in [0.4, 0.5) is 0 Å². The van der Waals surface area contributed by atoms with Crippen molar-refractivity contribution < 1.29 is 17.9 Å². The Kier molecular flexibility index (Phi) is 15.1. The Bertz CT molecular complexity index is 770. The van der Waals surface area contributed by atoms with Gasteiger partial charge >= 0.3 is 0 Å². The first-order chi connectivity index (χ1) is 14.1. The third-order valence-corrected chi connectivity index (χ3v) is 5.15. The van der Waals surface area contributed by atoms with Gasteiger partial charge in [0.1, 0.15) is 15.6 Å². The minimum atomic E-state index is -2.99. The SMILES string of the molecule is CCNC(=NCc1ccc(C)cc1OC(C)CC(C)C)NCCOCCS(C)(=O)=O.I. The van der Waals surface area contributed by atoms with Gasteiger partial charge in [-0.25, -0.2) is 13.4 Å². The number of hydrogen-bond acceptors (Lipinski definition) is 5. The first-order valence-electron chi connectivity index (χ1n) is 10.6. The number of guanidine groups is 1. The summed E-state index contributed by atoms with van der Waals surface area (Å²) in [5, 5.41) is 6.42. The number of sulfone groups is 1. The summed E-state index contributed by atoms with van der Waals surface area (Å²) >= 11 is 0. The van der Waals surface area contributed by atoms with Crippen LogP contribution < -0.4 is 15.4 Å². The maximum Gasteiger partial charge on any atom is 0.191 e. The Morgan fingerprint density at radius 2 is 1.87 bits per heavy atom. The molecule has 0 aromatic heterocycles. The molecule has 0 aliphatic rings. The molecule has 0 bridgehead atoms. The molecular weight excluding hydrogens is 529 g/mol. The minimum Gasteiger partial charge on any atom is -0.490 e. The van der Waals surface area contributed by atoms with E-state index in [2.05, 4.69) is 61.5 Å². The summed E-state index contributed by atoms with van der Waals surface area (Å²) in [6.07, 6.45) is 2.35. The molecule has 0 spiro atoms. The topological polar surface area (TPSA) is 89.0 Å². The largest absolute Gasteiger partial charge is 0.490 e. The maximum atomic E-state index is 11.1. The number of nitrogens with one attached hydrogen (secondary N) is 2. The van der Waals surface area contributed by atoms with Gasteiger partial charge in [-0.15, -0.1) is 24.0 Å². The highest BCUT2D eigenvalue weighted by Crippen LogP contribution is 2.24. The van der Waals surface area contributed by atoms with Crippen molar-refractivity contribution >= 4 is 39.8 Å². The molecular formula is C22H40IN3O4S. The van der Waals surface area contributed by atoms with Crippen LogP contribution in [0.5, 0.6) is 5.75 Å². The number of rotatable bonds is 13. The molecule has 0 saturated heterocycles. The second kappa shape index (κ2) is 15.7. The van der Waals surface area contributed by atoms with Gasteiger partial charge in [-0.1, -0.05) is 26.0 Å². The van der Waals surface area contributed by atoms with Crippen molar-refractivity contribution in [3.8, 4) is 5.75 Å². The summed E-state index contributed by atoms with van der Waals surface area (Å²) in [6.45, 7) is 12.9. The normalized spacial score (nSPS) is 12.9. The lowest BCUT2D eigenvalue weighted by molar-refractivity contribution is 0.154. The molecule has 0 fully saturated rings. The van der Waals surface area contributed by atoms with E-state index in [-0.39, 0.29) is 42.4 Å². The Hall–Kier alpha value is -1.07. The Balaban J connectivity index is 0.00000900. The molecule has 1 atom stereocenters. The molecule has 0 aliphatic heterocycles. The third kappa shape index (κ3) is 14.6. The van der Waals surface area contributed by atoms with Gasteiger partial charge < -0.3 is 20.1 Å². The van der Waals surface area contributed by atoms with Crippen molar-refractivity contribution in [3.63, 3.8) is 0 Å². The van der Waals surface area contributed by atoms with Crippen molar-refractivity contribution in [2.75, 3.05) is 38.3 Å². The number of halogens is 1. The number of hydrogen-bond donors (Lipinski definition) is 2. The summed E-state index contributed by atoms with van der Waals surface area (Å²) in [5.74, 6) is 2.18. The molecule has 31 heavy (non-hydrogen) atoms.